The maximum Gasteiger partial charge on any atom is 0.166 e. The Labute approximate surface area is 179 Å². The Hall–Kier alpha value is -3.93. The third-order valence-corrected chi connectivity index (χ3v) is 5.26. The number of carbonyl (C=O) groups is 1. The lowest BCUT2D eigenvalue weighted by atomic mass is 10.1. The van der Waals surface area contributed by atoms with Crippen molar-refractivity contribution < 1.29 is 13.9 Å². The molecule has 0 spiro atoms. The molecule has 0 bridgehead atoms. The average molecular weight is 411 g/mol. The van der Waals surface area contributed by atoms with Crippen LogP contribution in [-0.2, 0) is 7.05 Å². The number of aryl methyl sites for hydroxylation is 1. The molecule has 0 unspecified atom stereocenters. The van der Waals surface area contributed by atoms with Gasteiger partial charge in [-0.15, -0.1) is 0 Å². The average Bonchev–Trinajstić information content (AvgIpc) is 3.40. The van der Waals surface area contributed by atoms with Gasteiger partial charge in [0.1, 0.15) is 23.3 Å². The molecule has 0 fully saturated rings. The Balaban J connectivity index is 1.47. The number of ketones is 1. The Kier molecular flexibility index (Phi) is 4.75. The van der Waals surface area contributed by atoms with Crippen LogP contribution in [0.15, 0.2) is 71.9 Å². The Bertz CT molecular complexity index is 1410. The first-order chi connectivity index (χ1) is 15.1. The second kappa shape index (κ2) is 7.72. The van der Waals surface area contributed by atoms with Crippen molar-refractivity contribution in [2.75, 3.05) is 0 Å². The number of ether oxygens (including phenoxy) is 1. The number of pyridine rings is 1. The highest BCUT2D eigenvalue weighted by Gasteiger charge is 2.14. The maximum absolute atomic E-state index is 12.3. The smallest absolute Gasteiger partial charge is 0.166 e. The lowest BCUT2D eigenvalue weighted by molar-refractivity contribution is 0.0982. The molecule has 0 atom stereocenters. The van der Waals surface area contributed by atoms with Gasteiger partial charge >= 0.3 is 0 Å². The zero-order chi connectivity index (χ0) is 21.4. The Morgan fingerprint density at radius 2 is 1.97 bits per heavy atom. The zero-order valence-electron chi connectivity index (χ0n) is 17.3. The van der Waals surface area contributed by atoms with E-state index in [0.717, 1.165) is 34.0 Å². The van der Waals surface area contributed by atoms with Gasteiger partial charge in [-0.1, -0.05) is 13.0 Å². The number of benzene rings is 2. The van der Waals surface area contributed by atoms with E-state index in [1.54, 1.807) is 12.5 Å². The normalized spacial score (nSPS) is 11.3. The number of aromatic nitrogens is 3. The summed E-state index contributed by atoms with van der Waals surface area (Å²) in [5, 5.41) is 1.71. The summed E-state index contributed by atoms with van der Waals surface area (Å²) in [4.78, 5) is 21.2. The fourth-order valence-corrected chi connectivity index (χ4v) is 3.71. The van der Waals surface area contributed by atoms with Crippen LogP contribution in [0.5, 0.6) is 11.5 Å². The minimum Gasteiger partial charge on any atom is -0.463 e. The second-order valence-corrected chi connectivity index (χ2v) is 7.55. The number of hydrogen-bond donors (Lipinski definition) is 0. The molecule has 3 aromatic heterocycles. The first kappa shape index (κ1) is 19.1. The largest absolute Gasteiger partial charge is 0.463 e. The molecule has 0 saturated carbocycles. The summed E-state index contributed by atoms with van der Waals surface area (Å²) < 4.78 is 13.7. The number of nitrogens with zero attached hydrogens (tertiary/aromatic N) is 3. The number of hydrogen-bond acceptors (Lipinski definition) is 5. The molecule has 0 N–H and O–H groups in total. The van der Waals surface area contributed by atoms with Crippen molar-refractivity contribution in [3.8, 4) is 22.8 Å². The summed E-state index contributed by atoms with van der Waals surface area (Å²) in [6.07, 6.45) is 8.33. The van der Waals surface area contributed by atoms with Crippen molar-refractivity contribution in [3.05, 3.63) is 73.0 Å². The van der Waals surface area contributed by atoms with E-state index in [4.69, 9.17) is 9.15 Å². The molecule has 0 aliphatic rings. The van der Waals surface area contributed by atoms with Crippen LogP contribution in [0.4, 0.5) is 0 Å². The molecule has 2 aromatic carbocycles. The van der Waals surface area contributed by atoms with E-state index in [1.165, 1.54) is 6.26 Å². The van der Waals surface area contributed by atoms with E-state index in [2.05, 4.69) is 9.97 Å². The van der Waals surface area contributed by atoms with Gasteiger partial charge in [0.05, 0.1) is 23.1 Å². The van der Waals surface area contributed by atoms with Crippen molar-refractivity contribution in [2.45, 2.75) is 19.8 Å². The SMILES string of the molecule is CCCC(=O)c1coc2cc(Oc3ccnc4cc(-c5cn(C)cn5)ccc34)ccc12. The molecule has 0 saturated heterocycles. The first-order valence-electron chi connectivity index (χ1n) is 10.2. The molecule has 5 aromatic rings. The van der Waals surface area contributed by atoms with Crippen LogP contribution in [-0.4, -0.2) is 20.3 Å². The highest BCUT2D eigenvalue weighted by molar-refractivity contribution is 6.07. The van der Waals surface area contributed by atoms with E-state index >= 15 is 0 Å². The van der Waals surface area contributed by atoms with E-state index < -0.39 is 0 Å². The summed E-state index contributed by atoms with van der Waals surface area (Å²) >= 11 is 0. The van der Waals surface area contributed by atoms with E-state index in [0.29, 0.717) is 29.1 Å². The molecule has 0 aliphatic carbocycles. The summed E-state index contributed by atoms with van der Waals surface area (Å²) in [5.41, 5.74) is 3.98. The topological polar surface area (TPSA) is 70.2 Å². The number of Topliss-reactive ketones (excluding diaryl/α,β-unsaturated/α-hetero) is 1. The van der Waals surface area contributed by atoms with Crippen LogP contribution < -0.4 is 4.74 Å². The number of rotatable bonds is 6. The molecule has 154 valence electrons. The van der Waals surface area contributed by atoms with Gasteiger partial charge in [-0.25, -0.2) is 4.98 Å². The Morgan fingerprint density at radius 3 is 2.77 bits per heavy atom. The Morgan fingerprint density at radius 1 is 1.10 bits per heavy atom. The van der Waals surface area contributed by atoms with Crippen LogP contribution in [0.3, 0.4) is 0 Å². The molecular formula is C25H21N3O3. The third kappa shape index (κ3) is 3.57. The van der Waals surface area contributed by atoms with Gasteiger partial charge < -0.3 is 13.7 Å². The third-order valence-electron chi connectivity index (χ3n) is 5.26. The van der Waals surface area contributed by atoms with Crippen LogP contribution in [0.2, 0.25) is 0 Å². The van der Waals surface area contributed by atoms with Gasteiger partial charge in [0, 0.05) is 48.3 Å². The van der Waals surface area contributed by atoms with Gasteiger partial charge in [0.2, 0.25) is 0 Å². The van der Waals surface area contributed by atoms with Crippen LogP contribution in [0, 0.1) is 0 Å². The van der Waals surface area contributed by atoms with Crippen molar-refractivity contribution in [1.82, 2.24) is 14.5 Å². The van der Waals surface area contributed by atoms with Crippen LogP contribution >= 0.6 is 0 Å². The van der Waals surface area contributed by atoms with Crippen molar-refractivity contribution in [2.24, 2.45) is 7.05 Å². The number of carbonyl (C=O) groups excluding carboxylic acids is 1. The molecule has 6 nitrogen and oxygen atoms in total. The van der Waals surface area contributed by atoms with Gasteiger partial charge in [-0.05, 0) is 36.8 Å². The lowest BCUT2D eigenvalue weighted by Gasteiger charge is -2.09. The highest BCUT2D eigenvalue weighted by atomic mass is 16.5. The number of imidazole rings is 1. The van der Waals surface area contributed by atoms with Gasteiger partial charge in [-0.2, -0.15) is 0 Å². The first-order valence-corrected chi connectivity index (χ1v) is 10.2. The van der Waals surface area contributed by atoms with Crippen LogP contribution in [0.1, 0.15) is 30.1 Å². The predicted octanol–water partition coefficient (Wildman–Crippen LogP) is 6.16. The monoisotopic (exact) mass is 411 g/mol. The predicted molar refractivity (Wildman–Crippen MR) is 119 cm³/mol. The molecule has 0 aliphatic heterocycles. The maximum atomic E-state index is 12.3. The standard InChI is InChI=1S/C25H21N3O3/c1-3-4-23(29)20-14-30-25-12-17(6-8-18(20)25)31-24-9-10-26-21-11-16(5-7-19(21)24)22-13-28(2)15-27-22/h5-15H,3-4H2,1-2H3. The van der Waals surface area contributed by atoms with Crippen molar-refractivity contribution in [3.63, 3.8) is 0 Å². The molecule has 31 heavy (non-hydrogen) atoms. The molecule has 0 radical (unpaired) electrons. The fraction of sp³-hybridized carbons (Fsp3) is 0.160. The quantitative estimate of drug-likeness (QED) is 0.313. The molecule has 3 heterocycles. The number of fused-ring (bicyclic) bond motifs is 2. The minimum absolute atomic E-state index is 0.0961. The lowest BCUT2D eigenvalue weighted by Crippen LogP contribution is -1.96. The molecule has 0 amide bonds. The summed E-state index contributed by atoms with van der Waals surface area (Å²) in [6, 6.07) is 13.4. The van der Waals surface area contributed by atoms with Gasteiger partial charge in [0.15, 0.2) is 5.78 Å². The highest BCUT2D eigenvalue weighted by Crippen LogP contribution is 2.33. The van der Waals surface area contributed by atoms with Gasteiger partial charge in [0.25, 0.3) is 0 Å². The molecule has 6 heteroatoms. The summed E-state index contributed by atoms with van der Waals surface area (Å²) in [7, 11) is 1.94. The van der Waals surface area contributed by atoms with Crippen LogP contribution in [0.25, 0.3) is 33.1 Å². The van der Waals surface area contributed by atoms with E-state index in [-0.39, 0.29) is 5.78 Å². The van der Waals surface area contributed by atoms with Crippen molar-refractivity contribution in [1.29, 1.82) is 0 Å². The summed E-state index contributed by atoms with van der Waals surface area (Å²) in [6.45, 7) is 1.99. The fourth-order valence-electron chi connectivity index (χ4n) is 3.71. The summed E-state index contributed by atoms with van der Waals surface area (Å²) in [5.74, 6) is 1.43. The zero-order valence-corrected chi connectivity index (χ0v) is 17.3. The van der Waals surface area contributed by atoms with E-state index in [1.807, 2.05) is 67.2 Å². The molecule has 5 rings (SSSR count). The number of furan rings is 1. The minimum atomic E-state index is 0.0961. The van der Waals surface area contributed by atoms with Gasteiger partial charge in [-0.3, -0.25) is 9.78 Å². The van der Waals surface area contributed by atoms with E-state index in [9.17, 15) is 4.79 Å². The molecular weight excluding hydrogens is 390 g/mol. The second-order valence-electron chi connectivity index (χ2n) is 7.55. The van der Waals surface area contributed by atoms with Crippen molar-refractivity contribution >= 4 is 27.7 Å².